The molecule has 8 nitrogen and oxygen atoms in total. The summed E-state index contributed by atoms with van der Waals surface area (Å²) in [5.74, 6) is 0.805. The molecular formula is C27H32FN7O. The summed E-state index contributed by atoms with van der Waals surface area (Å²) in [6, 6.07) is 10.6. The lowest BCUT2D eigenvalue weighted by atomic mass is 10.0. The van der Waals surface area contributed by atoms with E-state index in [0.29, 0.717) is 23.1 Å². The van der Waals surface area contributed by atoms with Gasteiger partial charge in [0.15, 0.2) is 0 Å². The van der Waals surface area contributed by atoms with Gasteiger partial charge in [-0.3, -0.25) is 0 Å². The Bertz CT molecular complexity index is 1420. The van der Waals surface area contributed by atoms with Crippen LogP contribution in [-0.2, 0) is 13.0 Å². The van der Waals surface area contributed by atoms with Crippen molar-refractivity contribution in [2.45, 2.75) is 19.4 Å². The van der Waals surface area contributed by atoms with Gasteiger partial charge in [0, 0.05) is 61.1 Å². The number of likely N-dealkylation sites (N-methyl/N-ethyl adjacent to an activating group) is 2. The fourth-order valence-electron chi connectivity index (χ4n) is 4.92. The van der Waals surface area contributed by atoms with E-state index < -0.39 is 0 Å². The predicted molar refractivity (Wildman–Crippen MR) is 144 cm³/mol. The van der Waals surface area contributed by atoms with E-state index in [1.807, 2.05) is 45.4 Å². The zero-order valence-electron chi connectivity index (χ0n) is 21.2. The van der Waals surface area contributed by atoms with Gasteiger partial charge < -0.3 is 30.2 Å². The van der Waals surface area contributed by atoms with E-state index in [9.17, 15) is 4.39 Å². The summed E-state index contributed by atoms with van der Waals surface area (Å²) in [6.07, 6.45) is 3.72. The maximum atomic E-state index is 14.2. The highest BCUT2D eigenvalue weighted by Crippen LogP contribution is 2.39. The second kappa shape index (κ2) is 9.66. The largest absolute Gasteiger partial charge is 0.494 e. The molecule has 0 aliphatic carbocycles. The van der Waals surface area contributed by atoms with E-state index in [-0.39, 0.29) is 5.82 Å². The molecule has 2 aromatic carbocycles. The normalized spacial score (nSPS) is 12.8. The molecule has 36 heavy (non-hydrogen) atoms. The number of ether oxygens (including phenoxy) is 1. The standard InChI is InChI=1S/C27H32FN7O/c1-33(2)12-13-34(3)24-16-25(36-4)21(15-19(24)29)32-27-30-10-9-20(31-27)26-18-14-17(28)7-8-22(18)35-11-5-6-23(26)35/h7-10,14-16H,5-6,11-13,29H2,1-4H3,(H,30,31,32). The van der Waals surface area contributed by atoms with Gasteiger partial charge in [-0.05, 0) is 57.3 Å². The first-order valence-corrected chi connectivity index (χ1v) is 12.1. The molecule has 0 saturated heterocycles. The molecule has 0 amide bonds. The van der Waals surface area contributed by atoms with Gasteiger partial charge in [-0.15, -0.1) is 0 Å². The monoisotopic (exact) mass is 489 g/mol. The number of nitrogens with one attached hydrogen (secondary N) is 1. The van der Waals surface area contributed by atoms with Gasteiger partial charge in [0.2, 0.25) is 5.95 Å². The molecule has 9 heteroatoms. The Labute approximate surface area is 210 Å². The minimum atomic E-state index is -0.253. The van der Waals surface area contributed by atoms with E-state index in [2.05, 4.69) is 24.7 Å². The minimum Gasteiger partial charge on any atom is -0.494 e. The van der Waals surface area contributed by atoms with Crippen LogP contribution in [0.25, 0.3) is 22.2 Å². The molecule has 0 saturated carbocycles. The predicted octanol–water partition coefficient (Wildman–Crippen LogP) is 4.52. The number of hydrogen-bond acceptors (Lipinski definition) is 7. The Morgan fingerprint density at radius 1 is 1.14 bits per heavy atom. The fraction of sp³-hybridized carbons (Fsp3) is 0.333. The molecule has 0 fully saturated rings. The topological polar surface area (TPSA) is 84.5 Å². The summed E-state index contributed by atoms with van der Waals surface area (Å²) in [4.78, 5) is 13.5. The number of hydrogen-bond donors (Lipinski definition) is 2. The Balaban J connectivity index is 1.49. The maximum absolute atomic E-state index is 14.2. The van der Waals surface area contributed by atoms with Gasteiger partial charge in [0.25, 0.3) is 0 Å². The first-order chi connectivity index (χ1) is 17.4. The third-order valence-corrected chi connectivity index (χ3v) is 6.73. The molecule has 4 aromatic rings. The lowest BCUT2D eigenvalue weighted by Gasteiger charge is -2.24. The number of rotatable bonds is 8. The van der Waals surface area contributed by atoms with Crippen LogP contribution in [0.4, 0.5) is 27.4 Å². The van der Waals surface area contributed by atoms with Crippen LogP contribution in [0.2, 0.25) is 0 Å². The first kappa shape index (κ1) is 23.9. The average Bonchev–Trinajstić information content (AvgIpc) is 3.43. The zero-order valence-corrected chi connectivity index (χ0v) is 21.2. The van der Waals surface area contributed by atoms with Crippen LogP contribution < -0.4 is 20.7 Å². The van der Waals surface area contributed by atoms with Crippen molar-refractivity contribution < 1.29 is 9.13 Å². The molecule has 188 valence electrons. The Hall–Kier alpha value is -3.85. The van der Waals surface area contributed by atoms with Gasteiger partial charge in [-0.2, -0.15) is 0 Å². The second-order valence-electron chi connectivity index (χ2n) is 9.46. The second-order valence-corrected chi connectivity index (χ2v) is 9.46. The molecule has 0 bridgehead atoms. The number of nitrogens with two attached hydrogens (primary N) is 1. The van der Waals surface area contributed by atoms with Crippen molar-refractivity contribution in [3.63, 3.8) is 0 Å². The Kier molecular flexibility index (Phi) is 6.40. The van der Waals surface area contributed by atoms with Gasteiger partial charge in [-0.25, -0.2) is 14.4 Å². The Morgan fingerprint density at radius 2 is 1.97 bits per heavy atom. The SMILES string of the molecule is COc1cc(N(C)CCN(C)C)c(N)cc1Nc1nccc(-c2c3n(c4ccc(F)cc24)CCC3)n1. The minimum absolute atomic E-state index is 0.253. The highest BCUT2D eigenvalue weighted by molar-refractivity contribution is 5.97. The van der Waals surface area contributed by atoms with E-state index in [1.54, 1.807) is 19.4 Å². The number of aromatic nitrogens is 3. The molecule has 0 unspecified atom stereocenters. The van der Waals surface area contributed by atoms with Crippen molar-refractivity contribution in [2.75, 3.05) is 57.3 Å². The van der Waals surface area contributed by atoms with Gasteiger partial charge >= 0.3 is 0 Å². The van der Waals surface area contributed by atoms with Crippen LogP contribution in [0.3, 0.4) is 0 Å². The van der Waals surface area contributed by atoms with Gasteiger partial charge in [-0.1, -0.05) is 0 Å². The summed E-state index contributed by atoms with van der Waals surface area (Å²) in [6.45, 7) is 2.66. The van der Waals surface area contributed by atoms with Crippen molar-refractivity contribution in [3.05, 3.63) is 54.1 Å². The van der Waals surface area contributed by atoms with Crippen LogP contribution >= 0.6 is 0 Å². The smallest absolute Gasteiger partial charge is 0.227 e. The van der Waals surface area contributed by atoms with Crippen LogP contribution in [0.1, 0.15) is 12.1 Å². The number of nitrogen functional groups attached to an aromatic ring is 1. The number of nitrogens with zero attached hydrogens (tertiary/aromatic N) is 5. The van der Waals surface area contributed by atoms with E-state index in [0.717, 1.165) is 60.3 Å². The van der Waals surface area contributed by atoms with Crippen molar-refractivity contribution in [3.8, 4) is 17.0 Å². The van der Waals surface area contributed by atoms with E-state index >= 15 is 0 Å². The molecule has 1 aliphatic heterocycles. The van der Waals surface area contributed by atoms with Gasteiger partial charge in [0.05, 0.1) is 29.9 Å². The van der Waals surface area contributed by atoms with E-state index in [1.165, 1.54) is 11.8 Å². The van der Waals surface area contributed by atoms with Crippen molar-refractivity contribution in [2.24, 2.45) is 0 Å². The van der Waals surface area contributed by atoms with Crippen LogP contribution in [0.15, 0.2) is 42.6 Å². The summed E-state index contributed by atoms with van der Waals surface area (Å²) in [5, 5.41) is 4.15. The number of fused-ring (bicyclic) bond motifs is 3. The molecule has 5 rings (SSSR count). The number of benzene rings is 2. The number of anilines is 4. The quantitative estimate of drug-likeness (QED) is 0.352. The fourth-order valence-corrected chi connectivity index (χ4v) is 4.92. The number of halogens is 1. The molecular weight excluding hydrogens is 457 g/mol. The van der Waals surface area contributed by atoms with Crippen molar-refractivity contribution in [1.82, 2.24) is 19.4 Å². The van der Waals surface area contributed by atoms with Crippen molar-refractivity contribution >= 4 is 33.9 Å². The Morgan fingerprint density at radius 3 is 2.75 bits per heavy atom. The lowest BCUT2D eigenvalue weighted by molar-refractivity contribution is 0.413. The summed E-state index contributed by atoms with van der Waals surface area (Å²) in [7, 11) is 7.72. The maximum Gasteiger partial charge on any atom is 0.227 e. The average molecular weight is 490 g/mol. The molecule has 3 N–H and O–H groups in total. The molecule has 0 spiro atoms. The highest BCUT2D eigenvalue weighted by Gasteiger charge is 2.24. The lowest BCUT2D eigenvalue weighted by Crippen LogP contribution is -2.29. The number of aryl methyl sites for hydroxylation is 1. The third-order valence-electron chi connectivity index (χ3n) is 6.73. The zero-order chi connectivity index (χ0) is 25.4. The first-order valence-electron chi connectivity index (χ1n) is 12.1. The summed E-state index contributed by atoms with van der Waals surface area (Å²) >= 11 is 0. The van der Waals surface area contributed by atoms with Crippen molar-refractivity contribution in [1.29, 1.82) is 0 Å². The molecule has 2 aromatic heterocycles. The summed E-state index contributed by atoms with van der Waals surface area (Å²) in [5.41, 5.74) is 12.6. The number of methoxy groups -OCH3 is 1. The highest BCUT2D eigenvalue weighted by atomic mass is 19.1. The van der Waals surface area contributed by atoms with E-state index in [4.69, 9.17) is 15.5 Å². The molecule has 3 heterocycles. The molecule has 0 atom stereocenters. The molecule has 1 aliphatic rings. The van der Waals surface area contributed by atoms with Crippen LogP contribution in [0, 0.1) is 5.82 Å². The summed E-state index contributed by atoms with van der Waals surface area (Å²) < 4.78 is 22.1. The van der Waals surface area contributed by atoms with Gasteiger partial charge in [0.1, 0.15) is 11.6 Å². The van der Waals surface area contributed by atoms with Crippen LogP contribution in [-0.4, -0.2) is 60.8 Å². The molecule has 0 radical (unpaired) electrons. The van der Waals surface area contributed by atoms with Crippen LogP contribution in [0.5, 0.6) is 5.75 Å². The third kappa shape index (κ3) is 4.42.